The van der Waals surface area contributed by atoms with Gasteiger partial charge in [0.15, 0.2) is 0 Å². The topological polar surface area (TPSA) is 48.1 Å². The van der Waals surface area contributed by atoms with Crippen molar-refractivity contribution in [3.8, 4) is 0 Å². The third kappa shape index (κ3) is 3.63. The lowest BCUT2D eigenvalue weighted by molar-refractivity contribution is 0.193. The minimum absolute atomic E-state index is 0.186. The Kier molecular flexibility index (Phi) is 5.14. The van der Waals surface area contributed by atoms with Gasteiger partial charge in [0.05, 0.1) is 6.04 Å². The summed E-state index contributed by atoms with van der Waals surface area (Å²) in [6.07, 6.45) is 0.702. The number of H-pyrrole nitrogens is 1. The first-order chi connectivity index (χ1) is 15.4. The Labute approximate surface area is 191 Å². The smallest absolute Gasteiger partial charge is 0.322 e. The van der Waals surface area contributed by atoms with Crippen molar-refractivity contribution in [1.82, 2.24) is 9.88 Å². The van der Waals surface area contributed by atoms with Crippen molar-refractivity contribution >= 4 is 34.2 Å². The van der Waals surface area contributed by atoms with Crippen molar-refractivity contribution in [2.45, 2.75) is 26.3 Å². The van der Waals surface area contributed by atoms with E-state index in [4.69, 9.17) is 11.6 Å². The van der Waals surface area contributed by atoms with Crippen molar-refractivity contribution in [2.24, 2.45) is 0 Å². The number of rotatable bonds is 2. The van der Waals surface area contributed by atoms with E-state index in [2.05, 4.69) is 10.3 Å². The molecule has 0 aliphatic carbocycles. The van der Waals surface area contributed by atoms with Gasteiger partial charge in [-0.1, -0.05) is 41.4 Å². The van der Waals surface area contributed by atoms with Gasteiger partial charge in [0.1, 0.15) is 5.82 Å². The minimum atomic E-state index is -0.365. The summed E-state index contributed by atoms with van der Waals surface area (Å²) in [5, 5.41) is 4.81. The van der Waals surface area contributed by atoms with Crippen LogP contribution in [0.1, 0.15) is 34.0 Å². The van der Waals surface area contributed by atoms with Gasteiger partial charge in [-0.2, -0.15) is 0 Å². The lowest BCUT2D eigenvalue weighted by Crippen LogP contribution is -2.43. The predicted octanol–water partition coefficient (Wildman–Crippen LogP) is 6.76. The molecule has 0 saturated heterocycles. The molecule has 0 spiro atoms. The largest absolute Gasteiger partial charge is 0.356 e. The van der Waals surface area contributed by atoms with Gasteiger partial charge in [0.2, 0.25) is 0 Å². The molecule has 32 heavy (non-hydrogen) atoms. The number of hydrogen-bond donors (Lipinski definition) is 2. The Morgan fingerprint density at radius 2 is 1.88 bits per heavy atom. The Morgan fingerprint density at radius 1 is 1.09 bits per heavy atom. The number of aromatic nitrogens is 1. The van der Waals surface area contributed by atoms with E-state index >= 15 is 0 Å². The quantitative estimate of drug-likeness (QED) is 0.350. The molecule has 2 amide bonds. The molecule has 4 aromatic rings. The fourth-order valence-electron chi connectivity index (χ4n) is 4.61. The van der Waals surface area contributed by atoms with Gasteiger partial charge in [-0.25, -0.2) is 9.18 Å². The highest BCUT2D eigenvalue weighted by atomic mass is 35.5. The lowest BCUT2D eigenvalue weighted by atomic mass is 9.92. The van der Waals surface area contributed by atoms with Crippen molar-refractivity contribution in [1.29, 1.82) is 0 Å². The van der Waals surface area contributed by atoms with Crippen LogP contribution in [0.3, 0.4) is 0 Å². The number of carbonyl (C=O) groups is 1. The molecule has 2 heterocycles. The molecule has 3 aromatic carbocycles. The molecule has 0 radical (unpaired) electrons. The summed E-state index contributed by atoms with van der Waals surface area (Å²) < 4.78 is 13.7. The van der Waals surface area contributed by atoms with Gasteiger partial charge >= 0.3 is 6.03 Å². The fraction of sp³-hybridized carbons (Fsp3) is 0.192. The maximum atomic E-state index is 13.7. The van der Waals surface area contributed by atoms with Crippen molar-refractivity contribution in [3.63, 3.8) is 0 Å². The monoisotopic (exact) mass is 447 g/mol. The first-order valence-corrected chi connectivity index (χ1v) is 11.0. The van der Waals surface area contributed by atoms with Gasteiger partial charge in [0, 0.05) is 33.9 Å². The second kappa shape index (κ2) is 7.99. The fourth-order valence-corrected chi connectivity index (χ4v) is 4.78. The van der Waals surface area contributed by atoms with E-state index in [0.29, 0.717) is 18.0 Å². The van der Waals surface area contributed by atoms with Crippen LogP contribution in [0.15, 0.2) is 60.7 Å². The number of aromatic amines is 1. The van der Waals surface area contributed by atoms with Gasteiger partial charge in [-0.05, 0) is 73.4 Å². The lowest BCUT2D eigenvalue weighted by Gasteiger charge is -2.36. The van der Waals surface area contributed by atoms with Crippen molar-refractivity contribution in [3.05, 3.63) is 99.5 Å². The molecule has 2 N–H and O–H groups in total. The number of nitrogens with zero attached hydrogens (tertiary/aromatic N) is 1. The highest BCUT2D eigenvalue weighted by Crippen LogP contribution is 2.39. The van der Waals surface area contributed by atoms with Gasteiger partial charge in [-0.3, -0.25) is 0 Å². The van der Waals surface area contributed by atoms with E-state index in [0.717, 1.165) is 44.5 Å². The number of amides is 2. The predicted molar refractivity (Wildman–Crippen MR) is 127 cm³/mol. The van der Waals surface area contributed by atoms with E-state index in [9.17, 15) is 9.18 Å². The van der Waals surface area contributed by atoms with Crippen molar-refractivity contribution < 1.29 is 9.18 Å². The standard InChI is InChI=1S/C26H23ClFN3O/c1-15-3-9-22(16(2)13-15)30-26(32)31-12-11-20-21-14-18(27)6-10-23(21)29-24(20)25(31)17-4-7-19(28)8-5-17/h3-10,13-14,25,29H,11-12H2,1-2H3,(H,30,32)/t25-/m0/s1. The highest BCUT2D eigenvalue weighted by molar-refractivity contribution is 6.31. The van der Waals surface area contributed by atoms with Crippen LogP contribution < -0.4 is 5.32 Å². The molecule has 1 aliphatic heterocycles. The summed E-state index contributed by atoms with van der Waals surface area (Å²) in [6.45, 7) is 4.54. The van der Waals surface area contributed by atoms with Gasteiger partial charge in [0.25, 0.3) is 0 Å². The van der Waals surface area contributed by atoms with Crippen LogP contribution in [0.2, 0.25) is 5.02 Å². The Balaban J connectivity index is 1.58. The number of carbonyl (C=O) groups excluding carboxylic acids is 1. The Hall–Kier alpha value is -3.31. The molecule has 1 aliphatic rings. The third-order valence-electron chi connectivity index (χ3n) is 6.16. The molecule has 6 heteroatoms. The molecule has 4 nitrogen and oxygen atoms in total. The molecule has 162 valence electrons. The number of aryl methyl sites for hydroxylation is 2. The zero-order chi connectivity index (χ0) is 22.4. The second-order valence-electron chi connectivity index (χ2n) is 8.35. The zero-order valence-corrected chi connectivity index (χ0v) is 18.6. The normalized spacial score (nSPS) is 15.6. The van der Waals surface area contributed by atoms with Crippen LogP contribution in [0.25, 0.3) is 10.9 Å². The summed E-state index contributed by atoms with van der Waals surface area (Å²) >= 11 is 6.25. The number of benzene rings is 3. The van der Waals surface area contributed by atoms with E-state index in [1.165, 1.54) is 12.1 Å². The first kappa shape index (κ1) is 20.6. The molecule has 1 aromatic heterocycles. The SMILES string of the molecule is Cc1ccc(NC(=O)N2CCc3c([nH]c4ccc(Cl)cc34)[C@@H]2c2ccc(F)cc2)c(C)c1. The Bertz CT molecular complexity index is 1330. The molecule has 5 rings (SSSR count). The molecular formula is C26H23ClFN3O. The second-order valence-corrected chi connectivity index (χ2v) is 8.79. The number of urea groups is 1. The number of halogens is 2. The van der Waals surface area contributed by atoms with Crippen LogP contribution in [0.4, 0.5) is 14.9 Å². The average molecular weight is 448 g/mol. The van der Waals surface area contributed by atoms with E-state index in [1.807, 2.05) is 55.1 Å². The molecule has 0 fully saturated rings. The van der Waals surface area contributed by atoms with Crippen LogP contribution in [0.5, 0.6) is 0 Å². The van der Waals surface area contributed by atoms with E-state index < -0.39 is 0 Å². The molecule has 1 atom stereocenters. The average Bonchev–Trinajstić information content (AvgIpc) is 3.13. The summed E-state index contributed by atoms with van der Waals surface area (Å²) in [6, 6.07) is 17.5. The van der Waals surface area contributed by atoms with Crippen LogP contribution in [0, 0.1) is 19.7 Å². The zero-order valence-electron chi connectivity index (χ0n) is 17.9. The van der Waals surface area contributed by atoms with E-state index in [-0.39, 0.29) is 17.9 Å². The van der Waals surface area contributed by atoms with Crippen LogP contribution >= 0.6 is 11.6 Å². The third-order valence-corrected chi connectivity index (χ3v) is 6.39. The van der Waals surface area contributed by atoms with Crippen molar-refractivity contribution in [2.75, 3.05) is 11.9 Å². The first-order valence-electron chi connectivity index (χ1n) is 10.6. The van der Waals surface area contributed by atoms with E-state index in [1.54, 1.807) is 12.1 Å². The van der Waals surface area contributed by atoms with Gasteiger partial charge in [-0.15, -0.1) is 0 Å². The molecular weight excluding hydrogens is 425 g/mol. The summed E-state index contributed by atoms with van der Waals surface area (Å²) in [7, 11) is 0. The number of anilines is 1. The molecule has 0 bridgehead atoms. The maximum Gasteiger partial charge on any atom is 0.322 e. The number of nitrogens with one attached hydrogen (secondary N) is 2. The molecule has 0 saturated carbocycles. The maximum absolute atomic E-state index is 13.7. The summed E-state index contributed by atoms with van der Waals surface area (Å²) in [5.74, 6) is -0.306. The number of fused-ring (bicyclic) bond motifs is 3. The molecule has 0 unspecified atom stereocenters. The highest BCUT2D eigenvalue weighted by Gasteiger charge is 2.34. The van der Waals surface area contributed by atoms with Crippen LogP contribution in [-0.4, -0.2) is 22.5 Å². The summed E-state index contributed by atoms with van der Waals surface area (Å²) in [5.41, 5.74) is 6.85. The Morgan fingerprint density at radius 3 is 2.62 bits per heavy atom. The van der Waals surface area contributed by atoms with Crippen LogP contribution in [-0.2, 0) is 6.42 Å². The van der Waals surface area contributed by atoms with Gasteiger partial charge < -0.3 is 15.2 Å². The summed E-state index contributed by atoms with van der Waals surface area (Å²) in [4.78, 5) is 18.8. The number of hydrogen-bond acceptors (Lipinski definition) is 1. The minimum Gasteiger partial charge on any atom is -0.356 e.